The molecule has 0 spiro atoms. The van der Waals surface area contributed by atoms with Gasteiger partial charge in [0.25, 0.3) is 0 Å². The van der Waals surface area contributed by atoms with Crippen LogP contribution in [0.1, 0.15) is 36.6 Å². The molecule has 0 saturated carbocycles. The zero-order chi connectivity index (χ0) is 15.0. The number of carboxylic acid groups (broad SMARTS) is 1. The maximum atomic E-state index is 12.3. The number of rotatable bonds is 2. The summed E-state index contributed by atoms with van der Waals surface area (Å²) in [4.78, 5) is 35.5. The number of allylic oxidation sites excluding steroid dienone is 1. The minimum Gasteiger partial charge on any atom is -0.478 e. The normalized spacial score (nSPS) is 15.3. The number of carbonyl (C=O) groups excluding carboxylic acids is 2. The second-order valence-electron chi connectivity index (χ2n) is 4.69. The fraction of sp³-hybridized carbons (Fsp3) is 0. The van der Waals surface area contributed by atoms with Crippen LogP contribution in [0.3, 0.4) is 0 Å². The van der Waals surface area contributed by atoms with E-state index in [1.54, 1.807) is 12.1 Å². The van der Waals surface area contributed by atoms with Crippen LogP contribution in [-0.2, 0) is 0 Å². The molecule has 1 aliphatic rings. The van der Waals surface area contributed by atoms with Crippen LogP contribution in [0.4, 0.5) is 0 Å². The average Bonchev–Trinajstić information content (AvgIpc) is 2.73. The van der Waals surface area contributed by atoms with Gasteiger partial charge >= 0.3 is 5.97 Å². The van der Waals surface area contributed by atoms with Gasteiger partial charge in [-0.1, -0.05) is 30.3 Å². The van der Waals surface area contributed by atoms with Gasteiger partial charge in [0.05, 0.1) is 11.1 Å². The van der Waals surface area contributed by atoms with Gasteiger partial charge in [-0.2, -0.15) is 0 Å². The first-order valence-electron chi connectivity index (χ1n) is 6.31. The standard InChI is InChI=1S/C17H10O4/c18-15-12-7-6-11(17(20)21)9-13(12)16(19)14(15)8-10-4-2-1-3-5-10/h1-9H,(H,20,21). The van der Waals surface area contributed by atoms with E-state index in [0.717, 1.165) is 5.56 Å². The molecule has 0 saturated heterocycles. The van der Waals surface area contributed by atoms with Crippen molar-refractivity contribution in [2.45, 2.75) is 0 Å². The van der Waals surface area contributed by atoms with E-state index in [2.05, 4.69) is 0 Å². The highest BCUT2D eigenvalue weighted by molar-refractivity contribution is 6.41. The molecule has 0 atom stereocenters. The van der Waals surface area contributed by atoms with Crippen molar-refractivity contribution in [3.05, 3.63) is 76.4 Å². The summed E-state index contributed by atoms with van der Waals surface area (Å²) in [5.74, 6) is -1.92. The Morgan fingerprint density at radius 3 is 2.24 bits per heavy atom. The smallest absolute Gasteiger partial charge is 0.335 e. The third-order valence-corrected chi connectivity index (χ3v) is 3.36. The predicted octanol–water partition coefficient (Wildman–Crippen LogP) is 2.85. The minimum atomic E-state index is -1.13. The van der Waals surface area contributed by atoms with Gasteiger partial charge in [-0.3, -0.25) is 9.59 Å². The van der Waals surface area contributed by atoms with E-state index >= 15 is 0 Å². The van der Waals surface area contributed by atoms with Crippen LogP contribution in [0, 0.1) is 0 Å². The van der Waals surface area contributed by atoms with E-state index in [1.807, 2.05) is 18.2 Å². The van der Waals surface area contributed by atoms with Crippen LogP contribution in [0.15, 0.2) is 54.1 Å². The van der Waals surface area contributed by atoms with Crippen molar-refractivity contribution >= 4 is 23.6 Å². The Balaban J connectivity index is 2.09. The Kier molecular flexibility index (Phi) is 2.99. The number of Topliss-reactive ketones (excluding diaryl/α,β-unsaturated/α-hetero) is 2. The van der Waals surface area contributed by atoms with Gasteiger partial charge < -0.3 is 5.11 Å². The molecule has 0 fully saturated rings. The lowest BCUT2D eigenvalue weighted by molar-refractivity contribution is 0.0696. The largest absolute Gasteiger partial charge is 0.478 e. The Morgan fingerprint density at radius 2 is 1.57 bits per heavy atom. The van der Waals surface area contributed by atoms with Crippen LogP contribution in [0.2, 0.25) is 0 Å². The molecule has 3 rings (SSSR count). The van der Waals surface area contributed by atoms with Gasteiger partial charge in [0.2, 0.25) is 0 Å². The lowest BCUT2D eigenvalue weighted by Gasteiger charge is -1.97. The third-order valence-electron chi connectivity index (χ3n) is 3.36. The Bertz CT molecular complexity index is 801. The first kappa shape index (κ1) is 13.0. The van der Waals surface area contributed by atoms with E-state index in [1.165, 1.54) is 24.3 Å². The molecule has 2 aromatic carbocycles. The second-order valence-corrected chi connectivity index (χ2v) is 4.69. The van der Waals surface area contributed by atoms with Crippen molar-refractivity contribution in [1.29, 1.82) is 0 Å². The van der Waals surface area contributed by atoms with Crippen LogP contribution < -0.4 is 0 Å². The molecule has 4 heteroatoms. The van der Waals surface area contributed by atoms with E-state index in [9.17, 15) is 14.4 Å². The number of benzene rings is 2. The van der Waals surface area contributed by atoms with Crippen LogP contribution in [0.5, 0.6) is 0 Å². The molecule has 2 aromatic rings. The summed E-state index contributed by atoms with van der Waals surface area (Å²) >= 11 is 0. The number of fused-ring (bicyclic) bond motifs is 1. The van der Waals surface area contributed by atoms with E-state index < -0.39 is 11.8 Å². The van der Waals surface area contributed by atoms with E-state index in [4.69, 9.17) is 5.11 Å². The van der Waals surface area contributed by atoms with Crippen molar-refractivity contribution in [3.63, 3.8) is 0 Å². The lowest BCUT2D eigenvalue weighted by atomic mass is 10.1. The molecule has 1 N–H and O–H groups in total. The summed E-state index contributed by atoms with van der Waals surface area (Å²) in [6.45, 7) is 0. The van der Waals surface area contributed by atoms with Crippen molar-refractivity contribution in [2.24, 2.45) is 0 Å². The van der Waals surface area contributed by atoms with Crippen LogP contribution >= 0.6 is 0 Å². The number of carbonyl (C=O) groups is 3. The molecular weight excluding hydrogens is 268 g/mol. The highest BCUT2D eigenvalue weighted by Crippen LogP contribution is 2.28. The quantitative estimate of drug-likeness (QED) is 0.677. The minimum absolute atomic E-state index is 0.00383. The SMILES string of the molecule is O=C(O)c1ccc2c(c1)C(=O)C(=Cc1ccccc1)C2=O. The summed E-state index contributed by atoms with van der Waals surface area (Å²) in [7, 11) is 0. The van der Waals surface area contributed by atoms with Gasteiger partial charge in [0.1, 0.15) is 0 Å². The predicted molar refractivity (Wildman–Crippen MR) is 76.5 cm³/mol. The molecule has 0 heterocycles. The molecule has 4 nitrogen and oxygen atoms in total. The molecule has 0 radical (unpaired) electrons. The number of aromatic carboxylic acids is 1. The molecule has 1 aliphatic carbocycles. The molecule has 0 aromatic heterocycles. The zero-order valence-electron chi connectivity index (χ0n) is 10.9. The topological polar surface area (TPSA) is 71.4 Å². The molecular formula is C17H10O4. The summed E-state index contributed by atoms with van der Waals surface area (Å²) in [5.41, 5.74) is 1.23. The second kappa shape index (κ2) is 4.83. The van der Waals surface area contributed by atoms with Gasteiger partial charge in [-0.15, -0.1) is 0 Å². The Morgan fingerprint density at radius 1 is 0.905 bits per heavy atom. The van der Waals surface area contributed by atoms with Crippen LogP contribution in [0.25, 0.3) is 6.08 Å². The number of hydrogen-bond donors (Lipinski definition) is 1. The first-order valence-corrected chi connectivity index (χ1v) is 6.31. The fourth-order valence-electron chi connectivity index (χ4n) is 2.30. The number of hydrogen-bond acceptors (Lipinski definition) is 3. The van der Waals surface area contributed by atoms with E-state index in [-0.39, 0.29) is 28.0 Å². The Hall–Kier alpha value is -3.01. The summed E-state index contributed by atoms with van der Waals surface area (Å²) in [6, 6.07) is 13.0. The summed E-state index contributed by atoms with van der Waals surface area (Å²) < 4.78 is 0. The zero-order valence-corrected chi connectivity index (χ0v) is 10.9. The first-order chi connectivity index (χ1) is 10.1. The molecule has 0 bridgehead atoms. The fourth-order valence-corrected chi connectivity index (χ4v) is 2.30. The van der Waals surface area contributed by atoms with Gasteiger partial charge in [-0.05, 0) is 29.8 Å². The van der Waals surface area contributed by atoms with E-state index in [0.29, 0.717) is 0 Å². The highest BCUT2D eigenvalue weighted by Gasteiger charge is 2.33. The van der Waals surface area contributed by atoms with Crippen molar-refractivity contribution < 1.29 is 19.5 Å². The van der Waals surface area contributed by atoms with Crippen LogP contribution in [-0.4, -0.2) is 22.6 Å². The lowest BCUT2D eigenvalue weighted by Crippen LogP contribution is -2.00. The van der Waals surface area contributed by atoms with Gasteiger partial charge in [0.15, 0.2) is 11.6 Å². The Labute approximate surface area is 120 Å². The average molecular weight is 278 g/mol. The maximum absolute atomic E-state index is 12.3. The number of ketones is 2. The van der Waals surface area contributed by atoms with Gasteiger partial charge in [0, 0.05) is 11.1 Å². The van der Waals surface area contributed by atoms with Gasteiger partial charge in [-0.25, -0.2) is 4.79 Å². The molecule has 0 unspecified atom stereocenters. The van der Waals surface area contributed by atoms with Crippen molar-refractivity contribution in [1.82, 2.24) is 0 Å². The highest BCUT2D eigenvalue weighted by atomic mass is 16.4. The maximum Gasteiger partial charge on any atom is 0.335 e. The number of carboxylic acids is 1. The summed E-state index contributed by atoms with van der Waals surface area (Å²) in [6.07, 6.45) is 1.53. The van der Waals surface area contributed by atoms with Crippen molar-refractivity contribution in [3.8, 4) is 0 Å². The van der Waals surface area contributed by atoms with Crippen molar-refractivity contribution in [2.75, 3.05) is 0 Å². The molecule has 102 valence electrons. The molecule has 0 aliphatic heterocycles. The third kappa shape index (κ3) is 2.17. The summed E-state index contributed by atoms with van der Waals surface area (Å²) in [5, 5.41) is 8.96. The molecule has 0 amide bonds. The molecule has 21 heavy (non-hydrogen) atoms. The monoisotopic (exact) mass is 278 g/mol.